The molecule has 4 rings (SSSR count). The fraction of sp³-hybridized carbons (Fsp3) is 0.200. The monoisotopic (exact) mass is 393 g/mol. The highest BCUT2D eigenvalue weighted by atomic mass is 32.1. The van der Waals surface area contributed by atoms with E-state index in [0.717, 1.165) is 12.1 Å². The second-order valence-electron chi connectivity index (χ2n) is 5.65. The molecular weight excluding hydrogens is 383 g/mol. The predicted molar refractivity (Wildman–Crippen MR) is 89.2 cm³/mol. The average Bonchev–Trinajstić information content (AvgIpc) is 3.21. The van der Waals surface area contributed by atoms with Crippen molar-refractivity contribution in [3.8, 4) is 11.4 Å². The summed E-state index contributed by atoms with van der Waals surface area (Å²) in [5, 5.41) is 16.4. The average molecular weight is 393 g/mol. The number of fused-ring (bicyclic) bond motifs is 1. The van der Waals surface area contributed by atoms with Crippen molar-refractivity contribution in [3.05, 3.63) is 57.0 Å². The van der Waals surface area contributed by atoms with Crippen LogP contribution in [-0.2, 0) is 12.7 Å². The highest BCUT2D eigenvalue weighted by Crippen LogP contribution is 2.31. The third-order valence-corrected chi connectivity index (χ3v) is 4.49. The number of hydrogen-bond donors (Lipinski definition) is 0. The Labute approximate surface area is 152 Å². The lowest BCUT2D eigenvalue weighted by Gasteiger charge is -2.06. The van der Waals surface area contributed by atoms with Crippen molar-refractivity contribution in [2.45, 2.75) is 19.6 Å². The quantitative estimate of drug-likeness (QED) is 0.530. The molecule has 8 nitrogen and oxygen atoms in total. The van der Waals surface area contributed by atoms with Crippen LogP contribution in [0.1, 0.15) is 16.3 Å². The number of aryl methyl sites for hydroxylation is 1. The Morgan fingerprint density at radius 2 is 2.00 bits per heavy atom. The van der Waals surface area contributed by atoms with Gasteiger partial charge in [-0.25, -0.2) is 4.98 Å². The normalized spacial score (nSPS) is 12.0. The number of halogens is 3. The summed E-state index contributed by atoms with van der Waals surface area (Å²) in [6.45, 7) is 1.82. The molecule has 1 aromatic carbocycles. The Balaban J connectivity index is 1.62. The van der Waals surface area contributed by atoms with Crippen LogP contribution in [0, 0.1) is 6.92 Å². The zero-order valence-corrected chi connectivity index (χ0v) is 14.5. The molecule has 138 valence electrons. The van der Waals surface area contributed by atoms with E-state index in [4.69, 9.17) is 0 Å². The second-order valence-corrected chi connectivity index (χ2v) is 6.69. The van der Waals surface area contributed by atoms with Crippen LogP contribution in [0.2, 0.25) is 0 Å². The van der Waals surface area contributed by atoms with E-state index in [1.807, 2.05) is 0 Å². The summed E-state index contributed by atoms with van der Waals surface area (Å²) < 4.78 is 39.7. The van der Waals surface area contributed by atoms with Crippen molar-refractivity contribution in [2.75, 3.05) is 0 Å². The van der Waals surface area contributed by atoms with Gasteiger partial charge in [0.2, 0.25) is 10.8 Å². The van der Waals surface area contributed by atoms with Crippen LogP contribution in [-0.4, -0.2) is 34.8 Å². The maximum atomic E-state index is 12.8. The van der Waals surface area contributed by atoms with Crippen molar-refractivity contribution in [1.29, 1.82) is 0 Å². The zero-order chi connectivity index (χ0) is 19.2. The number of nitrogens with zero attached hydrogens (tertiary/aromatic N) is 7. The van der Waals surface area contributed by atoms with Crippen molar-refractivity contribution in [1.82, 2.24) is 34.8 Å². The second kappa shape index (κ2) is 6.23. The molecule has 0 unspecified atom stereocenters. The first kappa shape index (κ1) is 17.3. The highest BCUT2D eigenvalue weighted by molar-refractivity contribution is 7.16. The standard InChI is InChI=1S/C15H10F3N7OS/c1-8-5-12(26)25-14(19-8)27-11(21-25)7-24-22-13(20-23-24)9-3-2-4-10(6-9)15(16,17)18/h2-6H,7H2,1H3. The lowest BCUT2D eigenvalue weighted by Crippen LogP contribution is -2.14. The Bertz CT molecular complexity index is 1190. The number of alkyl halides is 3. The number of hydrogen-bond acceptors (Lipinski definition) is 7. The van der Waals surface area contributed by atoms with Gasteiger partial charge in [-0.15, -0.1) is 10.2 Å². The maximum Gasteiger partial charge on any atom is 0.416 e. The zero-order valence-electron chi connectivity index (χ0n) is 13.7. The summed E-state index contributed by atoms with van der Waals surface area (Å²) in [4.78, 5) is 17.8. The van der Waals surface area contributed by atoms with Crippen LogP contribution in [0.15, 0.2) is 35.1 Å². The van der Waals surface area contributed by atoms with E-state index in [9.17, 15) is 18.0 Å². The minimum Gasteiger partial charge on any atom is -0.267 e. The molecule has 3 heterocycles. The molecule has 27 heavy (non-hydrogen) atoms. The summed E-state index contributed by atoms with van der Waals surface area (Å²) in [7, 11) is 0. The van der Waals surface area contributed by atoms with E-state index >= 15 is 0 Å². The summed E-state index contributed by atoms with van der Waals surface area (Å²) in [6.07, 6.45) is -4.45. The van der Waals surface area contributed by atoms with Gasteiger partial charge in [0.25, 0.3) is 5.56 Å². The molecule has 3 aromatic heterocycles. The SMILES string of the molecule is Cc1cc(=O)n2nc(Cn3nnc(-c4cccc(C(F)(F)F)c4)n3)sc2n1. The van der Waals surface area contributed by atoms with E-state index in [1.54, 1.807) is 6.92 Å². The summed E-state index contributed by atoms with van der Waals surface area (Å²) in [5.41, 5.74) is -0.297. The molecule has 0 saturated carbocycles. The molecule has 0 atom stereocenters. The van der Waals surface area contributed by atoms with Gasteiger partial charge < -0.3 is 0 Å². The highest BCUT2D eigenvalue weighted by Gasteiger charge is 2.30. The van der Waals surface area contributed by atoms with E-state index in [1.165, 1.54) is 38.8 Å². The third kappa shape index (κ3) is 3.43. The number of aromatic nitrogens is 7. The van der Waals surface area contributed by atoms with Crippen LogP contribution in [0.5, 0.6) is 0 Å². The van der Waals surface area contributed by atoms with E-state index in [2.05, 4.69) is 25.5 Å². The van der Waals surface area contributed by atoms with Gasteiger partial charge in [0, 0.05) is 17.3 Å². The van der Waals surface area contributed by atoms with Crippen LogP contribution in [0.25, 0.3) is 16.3 Å². The fourth-order valence-corrected chi connectivity index (χ4v) is 3.33. The van der Waals surface area contributed by atoms with Gasteiger partial charge in [0.05, 0.1) is 5.56 Å². The molecular formula is C15H10F3N7OS. The molecule has 0 saturated heterocycles. The van der Waals surface area contributed by atoms with Crippen LogP contribution < -0.4 is 5.56 Å². The molecule has 0 spiro atoms. The first-order valence-electron chi connectivity index (χ1n) is 7.61. The molecule has 0 fully saturated rings. The van der Waals surface area contributed by atoms with Crippen LogP contribution in [0.3, 0.4) is 0 Å². The molecule has 0 amide bonds. The minimum atomic E-state index is -4.45. The first-order valence-corrected chi connectivity index (χ1v) is 8.43. The summed E-state index contributed by atoms with van der Waals surface area (Å²) >= 11 is 1.19. The smallest absolute Gasteiger partial charge is 0.267 e. The predicted octanol–water partition coefficient (Wildman–Crippen LogP) is 2.18. The van der Waals surface area contributed by atoms with Gasteiger partial charge in [-0.2, -0.15) is 27.6 Å². The lowest BCUT2D eigenvalue weighted by molar-refractivity contribution is -0.137. The van der Waals surface area contributed by atoms with Gasteiger partial charge in [0.1, 0.15) is 11.6 Å². The van der Waals surface area contributed by atoms with E-state index in [0.29, 0.717) is 15.7 Å². The molecule has 12 heteroatoms. The van der Waals surface area contributed by atoms with Crippen molar-refractivity contribution >= 4 is 16.3 Å². The Kier molecular flexibility index (Phi) is 3.98. The van der Waals surface area contributed by atoms with Gasteiger partial charge >= 0.3 is 6.18 Å². The van der Waals surface area contributed by atoms with Crippen LogP contribution >= 0.6 is 11.3 Å². The third-order valence-electron chi connectivity index (χ3n) is 3.59. The Hall–Kier alpha value is -3.15. The maximum absolute atomic E-state index is 12.8. The summed E-state index contributed by atoms with van der Waals surface area (Å²) in [5.74, 6) is 0.0633. The molecule has 0 bridgehead atoms. The van der Waals surface area contributed by atoms with Crippen molar-refractivity contribution in [2.24, 2.45) is 0 Å². The van der Waals surface area contributed by atoms with E-state index < -0.39 is 11.7 Å². The van der Waals surface area contributed by atoms with Gasteiger partial charge in [-0.1, -0.05) is 23.5 Å². The molecule has 0 aliphatic heterocycles. The lowest BCUT2D eigenvalue weighted by atomic mass is 10.1. The number of benzene rings is 1. The topological polar surface area (TPSA) is 90.9 Å². The van der Waals surface area contributed by atoms with E-state index in [-0.39, 0.29) is 23.5 Å². The Morgan fingerprint density at radius 3 is 2.78 bits per heavy atom. The molecule has 0 N–H and O–H groups in total. The molecule has 0 aliphatic rings. The number of tetrazole rings is 1. The molecule has 0 aliphatic carbocycles. The van der Waals surface area contributed by atoms with Crippen molar-refractivity contribution < 1.29 is 13.2 Å². The van der Waals surface area contributed by atoms with Gasteiger partial charge in [-0.05, 0) is 24.3 Å². The fourth-order valence-electron chi connectivity index (χ4n) is 2.41. The Morgan fingerprint density at radius 1 is 1.19 bits per heavy atom. The van der Waals surface area contributed by atoms with Crippen molar-refractivity contribution in [3.63, 3.8) is 0 Å². The van der Waals surface area contributed by atoms with Crippen LogP contribution in [0.4, 0.5) is 13.2 Å². The first-order chi connectivity index (χ1) is 12.8. The van der Waals surface area contributed by atoms with Gasteiger partial charge in [0.15, 0.2) is 0 Å². The largest absolute Gasteiger partial charge is 0.416 e. The summed E-state index contributed by atoms with van der Waals surface area (Å²) in [6, 6.07) is 6.07. The molecule has 4 aromatic rings. The number of rotatable bonds is 3. The minimum absolute atomic E-state index is 0.0633. The molecule has 0 radical (unpaired) electrons. The van der Waals surface area contributed by atoms with Gasteiger partial charge in [-0.3, -0.25) is 4.79 Å².